The maximum atomic E-state index is 11.5. The highest BCUT2D eigenvalue weighted by atomic mass is 32.2. The summed E-state index contributed by atoms with van der Waals surface area (Å²) in [5, 5.41) is 0. The average molecular weight is 236 g/mol. The maximum Gasteiger partial charge on any atom is 0.327 e. The first-order chi connectivity index (χ1) is 6.79. The van der Waals surface area contributed by atoms with Gasteiger partial charge in [-0.1, -0.05) is 0 Å². The van der Waals surface area contributed by atoms with Crippen LogP contribution in [0.1, 0.15) is 26.7 Å². The third kappa shape index (κ3) is 3.30. The summed E-state index contributed by atoms with van der Waals surface area (Å²) in [6.45, 7) is 3.00. The van der Waals surface area contributed by atoms with Gasteiger partial charge in [-0.15, -0.1) is 0 Å². The van der Waals surface area contributed by atoms with Crippen molar-refractivity contribution in [2.24, 2.45) is 0 Å². The van der Waals surface area contributed by atoms with Crippen molar-refractivity contribution in [1.82, 2.24) is 0 Å². The monoisotopic (exact) mass is 236 g/mol. The van der Waals surface area contributed by atoms with Crippen LogP contribution in [-0.2, 0) is 24.2 Å². The Labute approximate surface area is 89.7 Å². The molecule has 6 heteroatoms. The molecule has 0 aliphatic heterocycles. The predicted octanol–water partition coefficient (Wildman–Crippen LogP) is 0.332. The summed E-state index contributed by atoms with van der Waals surface area (Å²) in [6.07, 6.45) is 1.52. The van der Waals surface area contributed by atoms with Crippen LogP contribution in [0.2, 0.25) is 0 Å². The third-order valence-electron chi connectivity index (χ3n) is 2.26. The van der Waals surface area contributed by atoms with E-state index in [2.05, 4.69) is 0 Å². The molecule has 1 atom stereocenters. The Balaban J connectivity index is 5.02. The molecule has 0 aromatic carbocycles. The van der Waals surface area contributed by atoms with Gasteiger partial charge in [-0.3, -0.25) is 4.79 Å². The number of ether oxygens (including phenoxy) is 1. The van der Waals surface area contributed by atoms with Gasteiger partial charge >= 0.3 is 5.97 Å². The molecule has 0 bridgehead atoms. The molecule has 0 N–H and O–H groups in total. The van der Waals surface area contributed by atoms with Crippen molar-refractivity contribution < 1.29 is 22.7 Å². The van der Waals surface area contributed by atoms with Crippen LogP contribution in [0.3, 0.4) is 0 Å². The number of hydrogen-bond acceptors (Lipinski definition) is 5. The van der Waals surface area contributed by atoms with E-state index in [-0.39, 0.29) is 19.4 Å². The second kappa shape index (κ2) is 5.25. The quantitative estimate of drug-likeness (QED) is 0.490. The molecular formula is C9H16O5S. The Morgan fingerprint density at radius 1 is 1.47 bits per heavy atom. The van der Waals surface area contributed by atoms with E-state index in [0.717, 1.165) is 6.26 Å². The van der Waals surface area contributed by atoms with E-state index >= 15 is 0 Å². The topological polar surface area (TPSA) is 77.5 Å². The van der Waals surface area contributed by atoms with Crippen LogP contribution >= 0.6 is 0 Å². The lowest BCUT2D eigenvalue weighted by atomic mass is 10.1. The van der Waals surface area contributed by atoms with Crippen molar-refractivity contribution in [2.75, 3.05) is 12.9 Å². The predicted molar refractivity (Wildman–Crippen MR) is 55.2 cm³/mol. The van der Waals surface area contributed by atoms with Gasteiger partial charge in [0.25, 0.3) is 0 Å². The molecule has 0 aromatic rings. The number of carbonyl (C=O) groups excluding carboxylic acids is 2. The van der Waals surface area contributed by atoms with E-state index in [4.69, 9.17) is 4.74 Å². The molecule has 15 heavy (non-hydrogen) atoms. The number of esters is 1. The van der Waals surface area contributed by atoms with E-state index in [1.807, 2.05) is 0 Å². The van der Waals surface area contributed by atoms with Crippen molar-refractivity contribution in [2.45, 2.75) is 31.4 Å². The molecule has 0 saturated heterocycles. The number of sulfone groups is 1. The maximum absolute atomic E-state index is 11.5. The molecule has 0 amide bonds. The summed E-state index contributed by atoms with van der Waals surface area (Å²) >= 11 is 0. The standard InChI is InChI=1S/C9H16O5S/c1-4-14-8(11)9(2,6-5-7-10)15(3,12)13/h7H,4-6H2,1-3H3. The Morgan fingerprint density at radius 2 is 2.00 bits per heavy atom. The zero-order chi connectivity index (χ0) is 12.1. The van der Waals surface area contributed by atoms with Crippen LogP contribution < -0.4 is 0 Å². The Hall–Kier alpha value is -0.910. The summed E-state index contributed by atoms with van der Waals surface area (Å²) in [5.41, 5.74) is 0. The van der Waals surface area contributed by atoms with E-state index < -0.39 is 20.6 Å². The van der Waals surface area contributed by atoms with Gasteiger partial charge < -0.3 is 9.53 Å². The number of rotatable bonds is 6. The summed E-state index contributed by atoms with van der Waals surface area (Å²) in [7, 11) is -3.59. The highest BCUT2D eigenvalue weighted by molar-refractivity contribution is 7.92. The summed E-state index contributed by atoms with van der Waals surface area (Å²) in [5.74, 6) is -0.797. The summed E-state index contributed by atoms with van der Waals surface area (Å²) in [4.78, 5) is 21.7. The molecule has 0 aromatic heterocycles. The SMILES string of the molecule is CCOC(=O)C(C)(CCC=O)S(C)(=O)=O. The van der Waals surface area contributed by atoms with Crippen molar-refractivity contribution in [3.05, 3.63) is 0 Å². The van der Waals surface area contributed by atoms with Crippen molar-refractivity contribution in [3.8, 4) is 0 Å². The lowest BCUT2D eigenvalue weighted by molar-refractivity contribution is -0.146. The molecular weight excluding hydrogens is 220 g/mol. The first-order valence-corrected chi connectivity index (χ1v) is 6.49. The minimum atomic E-state index is -3.59. The third-order valence-corrected chi connectivity index (χ3v) is 4.27. The molecule has 1 unspecified atom stereocenters. The normalized spacial score (nSPS) is 15.4. The Bertz CT molecular complexity index is 332. The van der Waals surface area contributed by atoms with Crippen LogP contribution in [0, 0.1) is 0 Å². The molecule has 0 spiro atoms. The fourth-order valence-electron chi connectivity index (χ4n) is 1.06. The molecule has 0 saturated carbocycles. The van der Waals surface area contributed by atoms with Gasteiger partial charge in [0.05, 0.1) is 6.61 Å². The zero-order valence-electron chi connectivity index (χ0n) is 9.15. The van der Waals surface area contributed by atoms with Gasteiger partial charge in [0.1, 0.15) is 6.29 Å². The second-order valence-corrected chi connectivity index (χ2v) is 5.87. The fourth-order valence-corrected chi connectivity index (χ4v) is 1.91. The first-order valence-electron chi connectivity index (χ1n) is 4.60. The highest BCUT2D eigenvalue weighted by Gasteiger charge is 2.44. The molecule has 0 aliphatic rings. The highest BCUT2D eigenvalue weighted by Crippen LogP contribution is 2.23. The van der Waals surface area contributed by atoms with Crippen molar-refractivity contribution in [3.63, 3.8) is 0 Å². The number of carbonyl (C=O) groups is 2. The molecule has 0 aliphatic carbocycles. The summed E-state index contributed by atoms with van der Waals surface area (Å²) in [6, 6.07) is 0. The largest absolute Gasteiger partial charge is 0.465 e. The number of hydrogen-bond donors (Lipinski definition) is 0. The fraction of sp³-hybridized carbons (Fsp3) is 0.778. The van der Waals surface area contributed by atoms with E-state index in [0.29, 0.717) is 6.29 Å². The number of aldehydes is 1. The Morgan fingerprint density at radius 3 is 2.33 bits per heavy atom. The lowest BCUT2D eigenvalue weighted by Gasteiger charge is -2.24. The second-order valence-electron chi connectivity index (χ2n) is 3.43. The molecule has 0 fully saturated rings. The van der Waals surface area contributed by atoms with Gasteiger partial charge in [-0.05, 0) is 20.3 Å². The van der Waals surface area contributed by atoms with Gasteiger partial charge in [0.15, 0.2) is 14.6 Å². The van der Waals surface area contributed by atoms with E-state index in [1.165, 1.54) is 6.92 Å². The van der Waals surface area contributed by atoms with E-state index in [1.54, 1.807) is 6.92 Å². The van der Waals surface area contributed by atoms with Crippen LogP contribution in [0.4, 0.5) is 0 Å². The minimum absolute atomic E-state index is 0.0163. The van der Waals surface area contributed by atoms with Crippen molar-refractivity contribution >= 4 is 22.1 Å². The minimum Gasteiger partial charge on any atom is -0.465 e. The van der Waals surface area contributed by atoms with Crippen molar-refractivity contribution in [1.29, 1.82) is 0 Å². The molecule has 5 nitrogen and oxygen atoms in total. The van der Waals surface area contributed by atoms with Gasteiger partial charge in [-0.2, -0.15) is 0 Å². The van der Waals surface area contributed by atoms with Gasteiger partial charge in [0, 0.05) is 12.7 Å². The summed E-state index contributed by atoms with van der Waals surface area (Å²) < 4.78 is 26.0. The van der Waals surface area contributed by atoms with Crippen LogP contribution in [-0.4, -0.2) is 38.3 Å². The Kier molecular flexibility index (Phi) is 4.93. The van der Waals surface area contributed by atoms with E-state index in [9.17, 15) is 18.0 Å². The first kappa shape index (κ1) is 14.1. The van der Waals surface area contributed by atoms with Crippen LogP contribution in [0.5, 0.6) is 0 Å². The molecule has 0 heterocycles. The van der Waals surface area contributed by atoms with Gasteiger partial charge in [-0.25, -0.2) is 8.42 Å². The molecule has 0 rings (SSSR count). The van der Waals surface area contributed by atoms with Crippen LogP contribution in [0.15, 0.2) is 0 Å². The smallest absolute Gasteiger partial charge is 0.327 e. The molecule has 0 radical (unpaired) electrons. The molecule has 88 valence electrons. The lowest BCUT2D eigenvalue weighted by Crippen LogP contribution is -2.44. The average Bonchev–Trinajstić information content (AvgIpc) is 2.12. The van der Waals surface area contributed by atoms with Crippen LogP contribution in [0.25, 0.3) is 0 Å². The van der Waals surface area contributed by atoms with Gasteiger partial charge in [0.2, 0.25) is 0 Å². The zero-order valence-corrected chi connectivity index (χ0v) is 9.96.